The minimum atomic E-state index is 0.566. The molecule has 2 heterocycles. The predicted octanol–water partition coefficient (Wildman–Crippen LogP) is 15.2. The highest BCUT2D eigenvalue weighted by atomic mass is 16.3. The minimum absolute atomic E-state index is 0.566. The summed E-state index contributed by atoms with van der Waals surface area (Å²) in [5.41, 5.74) is 10.9. The summed E-state index contributed by atoms with van der Waals surface area (Å²) in [5, 5.41) is 9.53. The van der Waals surface area contributed by atoms with Crippen LogP contribution < -0.4 is 0 Å². The van der Waals surface area contributed by atoms with Crippen LogP contribution >= 0.6 is 0 Å². The van der Waals surface area contributed by atoms with Crippen molar-refractivity contribution < 1.29 is 4.42 Å². The van der Waals surface area contributed by atoms with Gasteiger partial charge < -0.3 is 4.42 Å². The van der Waals surface area contributed by atoms with Crippen molar-refractivity contribution in [2.75, 3.05) is 0 Å². The Balaban J connectivity index is 1.10. The van der Waals surface area contributed by atoms with E-state index in [1.165, 1.54) is 32.3 Å². The molecule has 0 saturated heterocycles. The van der Waals surface area contributed by atoms with E-state index in [4.69, 9.17) is 19.4 Å². The van der Waals surface area contributed by atoms with E-state index in [0.29, 0.717) is 17.5 Å². The Morgan fingerprint density at radius 1 is 0.246 bits per heavy atom. The Labute approximate surface area is 352 Å². The van der Waals surface area contributed by atoms with Gasteiger partial charge in [0.15, 0.2) is 17.5 Å². The Hall–Kier alpha value is -8.21. The van der Waals surface area contributed by atoms with Gasteiger partial charge in [-0.3, -0.25) is 0 Å². The molecule has 12 aromatic rings. The number of aromatic nitrogens is 3. The second-order valence-corrected chi connectivity index (χ2v) is 15.5. The molecule has 0 spiro atoms. The number of benzene rings is 10. The number of fused-ring (bicyclic) bond motifs is 9. The molecule has 0 unspecified atom stereocenters. The molecule has 12 rings (SSSR count). The van der Waals surface area contributed by atoms with Crippen molar-refractivity contribution >= 4 is 54.3 Å². The van der Waals surface area contributed by atoms with Gasteiger partial charge in [0.2, 0.25) is 0 Å². The van der Waals surface area contributed by atoms with E-state index < -0.39 is 0 Å². The van der Waals surface area contributed by atoms with Crippen LogP contribution in [0.1, 0.15) is 0 Å². The number of hydrogen-bond acceptors (Lipinski definition) is 4. The molecule has 0 fully saturated rings. The lowest BCUT2D eigenvalue weighted by molar-refractivity contribution is 0.669. The molecule has 61 heavy (non-hydrogen) atoms. The minimum Gasteiger partial charge on any atom is -0.456 e. The fourth-order valence-corrected chi connectivity index (χ4v) is 8.99. The predicted molar refractivity (Wildman–Crippen MR) is 252 cm³/mol. The van der Waals surface area contributed by atoms with Crippen molar-refractivity contribution in [3.63, 3.8) is 0 Å². The molecule has 0 aliphatic heterocycles. The van der Waals surface area contributed by atoms with Crippen molar-refractivity contribution in [1.82, 2.24) is 15.0 Å². The normalized spacial score (nSPS) is 11.6. The van der Waals surface area contributed by atoms with Gasteiger partial charge in [-0.05, 0) is 102 Å². The van der Waals surface area contributed by atoms with Crippen LogP contribution in [0.3, 0.4) is 0 Å². The van der Waals surface area contributed by atoms with E-state index in [2.05, 4.69) is 188 Å². The summed E-state index contributed by atoms with van der Waals surface area (Å²) < 4.78 is 6.68. The number of nitrogens with zero attached hydrogens (tertiary/aromatic N) is 3. The molecular formula is C57H35N3O. The van der Waals surface area contributed by atoms with Crippen molar-refractivity contribution in [3.8, 4) is 67.5 Å². The van der Waals surface area contributed by atoms with Gasteiger partial charge in [0.25, 0.3) is 0 Å². The average Bonchev–Trinajstić information content (AvgIpc) is 3.73. The molecule has 0 saturated carbocycles. The summed E-state index contributed by atoms with van der Waals surface area (Å²) in [5.74, 6) is 1.76. The summed E-state index contributed by atoms with van der Waals surface area (Å²) in [7, 11) is 0. The maximum atomic E-state index is 6.68. The van der Waals surface area contributed by atoms with Crippen LogP contribution in [0.5, 0.6) is 0 Å². The fourth-order valence-electron chi connectivity index (χ4n) is 8.99. The molecule has 284 valence electrons. The number of furan rings is 1. The number of hydrogen-bond donors (Lipinski definition) is 0. The van der Waals surface area contributed by atoms with E-state index in [0.717, 1.165) is 72.0 Å². The van der Waals surface area contributed by atoms with Gasteiger partial charge in [0, 0.05) is 27.5 Å². The molecule has 0 atom stereocenters. The molecular weight excluding hydrogens is 743 g/mol. The first-order valence-electron chi connectivity index (χ1n) is 20.6. The van der Waals surface area contributed by atoms with Crippen LogP contribution in [-0.2, 0) is 0 Å². The Kier molecular flexibility index (Phi) is 8.13. The summed E-state index contributed by atoms with van der Waals surface area (Å²) >= 11 is 0. The first kappa shape index (κ1) is 34.8. The van der Waals surface area contributed by atoms with Crippen molar-refractivity contribution in [2.45, 2.75) is 0 Å². The smallest absolute Gasteiger partial charge is 0.164 e. The van der Waals surface area contributed by atoms with E-state index in [1.54, 1.807) is 0 Å². The zero-order valence-electron chi connectivity index (χ0n) is 33.0. The van der Waals surface area contributed by atoms with E-state index in [9.17, 15) is 0 Å². The molecule has 2 aromatic heterocycles. The second kappa shape index (κ2) is 14.3. The zero-order chi connectivity index (χ0) is 40.3. The van der Waals surface area contributed by atoms with E-state index >= 15 is 0 Å². The van der Waals surface area contributed by atoms with Crippen LogP contribution in [0.15, 0.2) is 217 Å². The fraction of sp³-hybridized carbons (Fsp3) is 0. The van der Waals surface area contributed by atoms with Crippen molar-refractivity contribution in [3.05, 3.63) is 212 Å². The maximum Gasteiger partial charge on any atom is 0.164 e. The van der Waals surface area contributed by atoms with Crippen LogP contribution in [0.4, 0.5) is 0 Å². The van der Waals surface area contributed by atoms with Crippen molar-refractivity contribution in [1.29, 1.82) is 0 Å². The Morgan fingerprint density at radius 3 is 1.26 bits per heavy atom. The molecule has 0 amide bonds. The highest BCUT2D eigenvalue weighted by Crippen LogP contribution is 2.43. The topological polar surface area (TPSA) is 51.8 Å². The van der Waals surface area contributed by atoms with Crippen LogP contribution in [0.25, 0.3) is 122 Å². The van der Waals surface area contributed by atoms with Crippen molar-refractivity contribution in [2.24, 2.45) is 0 Å². The maximum absolute atomic E-state index is 6.68. The monoisotopic (exact) mass is 777 g/mol. The average molecular weight is 778 g/mol. The highest BCUT2D eigenvalue weighted by molar-refractivity contribution is 6.26. The van der Waals surface area contributed by atoms with Gasteiger partial charge in [0.05, 0.1) is 0 Å². The summed E-state index contributed by atoms with van der Waals surface area (Å²) in [4.78, 5) is 15.7. The Morgan fingerprint density at radius 2 is 0.689 bits per heavy atom. The molecule has 0 N–H and O–H groups in total. The lowest BCUT2D eigenvalue weighted by atomic mass is 9.90. The summed E-state index contributed by atoms with van der Waals surface area (Å²) in [6, 6.07) is 74.6. The lowest BCUT2D eigenvalue weighted by Crippen LogP contribution is -2.01. The Bertz CT molecular complexity index is 3510. The summed E-state index contributed by atoms with van der Waals surface area (Å²) in [6.07, 6.45) is 0. The van der Waals surface area contributed by atoms with Gasteiger partial charge in [-0.15, -0.1) is 0 Å². The zero-order valence-corrected chi connectivity index (χ0v) is 33.0. The third kappa shape index (κ3) is 6.04. The molecule has 0 aliphatic rings. The van der Waals surface area contributed by atoms with Gasteiger partial charge in [0.1, 0.15) is 11.2 Å². The first-order chi connectivity index (χ1) is 30.2. The molecule has 10 aromatic carbocycles. The van der Waals surface area contributed by atoms with E-state index in [-0.39, 0.29) is 0 Å². The molecule has 4 heteroatoms. The van der Waals surface area contributed by atoms with Crippen LogP contribution in [0, 0.1) is 0 Å². The molecule has 0 bridgehead atoms. The largest absolute Gasteiger partial charge is 0.456 e. The molecule has 0 radical (unpaired) electrons. The lowest BCUT2D eigenvalue weighted by Gasteiger charge is -2.14. The van der Waals surface area contributed by atoms with E-state index in [1.807, 2.05) is 24.3 Å². The van der Waals surface area contributed by atoms with Crippen LogP contribution in [-0.4, -0.2) is 15.0 Å². The van der Waals surface area contributed by atoms with Gasteiger partial charge in [-0.2, -0.15) is 0 Å². The summed E-state index contributed by atoms with van der Waals surface area (Å²) in [6.45, 7) is 0. The van der Waals surface area contributed by atoms with Gasteiger partial charge in [-0.1, -0.05) is 176 Å². The van der Waals surface area contributed by atoms with Gasteiger partial charge >= 0.3 is 0 Å². The van der Waals surface area contributed by atoms with Crippen LogP contribution in [0.2, 0.25) is 0 Å². The third-order valence-electron chi connectivity index (χ3n) is 11.9. The third-order valence-corrected chi connectivity index (χ3v) is 11.9. The first-order valence-corrected chi connectivity index (χ1v) is 20.6. The number of rotatable bonds is 6. The number of para-hydroxylation sites is 1. The second-order valence-electron chi connectivity index (χ2n) is 15.5. The highest BCUT2D eigenvalue weighted by Gasteiger charge is 2.20. The quantitative estimate of drug-likeness (QED) is 0.158. The molecule has 4 nitrogen and oxygen atoms in total. The standard InChI is InChI=1S/C57H35N3O/c1-3-15-36(16-4-1)38-19-13-21-41(31-38)55-58-56(42-22-14-20-39(32-42)37-17-5-2-6-18-37)60-57(59-55)43-34-50(54-49-27-11-12-28-52(49)61-53(54)35-43)40-29-30-48-46-25-8-7-23-44(46)45-24-9-10-26-47(45)51(48)33-40/h1-35H. The van der Waals surface area contributed by atoms with Gasteiger partial charge in [-0.25, -0.2) is 15.0 Å². The SMILES string of the molecule is c1ccc(-c2cccc(-c3nc(-c4cccc(-c5ccccc5)c4)nc(-c4cc(-c5ccc6c7ccccc7c7ccccc7c6c5)c5c(c4)oc4ccccc45)n3)c2)cc1. The molecule has 0 aliphatic carbocycles.